The number of hydrogen-bond donors (Lipinski definition) is 2. The molecule has 1 fully saturated rings. The van der Waals surface area contributed by atoms with Crippen LogP contribution in [0.3, 0.4) is 0 Å². The quantitative estimate of drug-likeness (QED) is 0.733. The average molecular weight is 413 g/mol. The molecule has 2 aromatic carbocycles. The third-order valence-electron chi connectivity index (χ3n) is 4.91. The van der Waals surface area contributed by atoms with E-state index in [4.69, 9.17) is 4.74 Å². The Morgan fingerprint density at radius 3 is 2.20 bits per heavy atom. The summed E-state index contributed by atoms with van der Waals surface area (Å²) in [6.07, 6.45) is -0.0531. The molecular weight excluding hydrogens is 389 g/mol. The van der Waals surface area contributed by atoms with Crippen molar-refractivity contribution < 1.29 is 23.5 Å². The number of hydrogen-bond acceptors (Lipinski definition) is 4. The number of urea groups is 1. The third kappa shape index (κ3) is 5.79. The van der Waals surface area contributed by atoms with Gasteiger partial charge < -0.3 is 20.3 Å². The summed E-state index contributed by atoms with van der Waals surface area (Å²) < 4.78 is 18.2. The Morgan fingerprint density at radius 1 is 0.967 bits per heavy atom. The van der Waals surface area contributed by atoms with Crippen molar-refractivity contribution in [3.05, 3.63) is 60.4 Å². The predicted molar refractivity (Wildman–Crippen MR) is 110 cm³/mol. The number of nitrogens with one attached hydrogen (secondary N) is 2. The van der Waals surface area contributed by atoms with Crippen LogP contribution in [0.25, 0.3) is 0 Å². The van der Waals surface area contributed by atoms with Crippen molar-refractivity contribution in [2.24, 2.45) is 5.92 Å². The van der Waals surface area contributed by atoms with Crippen molar-refractivity contribution in [2.75, 3.05) is 23.7 Å². The molecule has 0 bridgehead atoms. The maximum Gasteiger partial charge on any atom is 0.321 e. The van der Waals surface area contributed by atoms with Crippen LogP contribution in [0.15, 0.2) is 54.6 Å². The highest BCUT2D eigenvalue weighted by molar-refractivity contribution is 5.95. The summed E-state index contributed by atoms with van der Waals surface area (Å²) in [4.78, 5) is 38.6. The van der Waals surface area contributed by atoms with E-state index in [2.05, 4.69) is 10.6 Å². The largest absolute Gasteiger partial charge is 0.452 e. The first-order valence-corrected chi connectivity index (χ1v) is 9.80. The van der Waals surface area contributed by atoms with Crippen LogP contribution in [0, 0.1) is 11.7 Å². The second-order valence-corrected chi connectivity index (χ2v) is 7.13. The Kier molecular flexibility index (Phi) is 7.00. The van der Waals surface area contributed by atoms with E-state index in [1.165, 1.54) is 31.2 Å². The van der Waals surface area contributed by atoms with E-state index < -0.39 is 23.8 Å². The highest BCUT2D eigenvalue weighted by Crippen LogP contribution is 2.20. The van der Waals surface area contributed by atoms with Gasteiger partial charge in [-0.1, -0.05) is 18.2 Å². The minimum absolute atomic E-state index is 0.208. The molecule has 30 heavy (non-hydrogen) atoms. The number of para-hydroxylation sites is 1. The van der Waals surface area contributed by atoms with Gasteiger partial charge in [0, 0.05) is 24.5 Å². The van der Waals surface area contributed by atoms with Crippen LogP contribution in [0.5, 0.6) is 0 Å². The molecule has 0 saturated carbocycles. The van der Waals surface area contributed by atoms with Gasteiger partial charge in [-0.05, 0) is 56.2 Å². The second-order valence-electron chi connectivity index (χ2n) is 7.13. The average Bonchev–Trinajstić information content (AvgIpc) is 2.76. The molecule has 1 aliphatic heterocycles. The monoisotopic (exact) mass is 413 g/mol. The number of benzene rings is 2. The zero-order chi connectivity index (χ0) is 21.5. The van der Waals surface area contributed by atoms with E-state index in [0.29, 0.717) is 37.3 Å². The first kappa shape index (κ1) is 21.3. The van der Waals surface area contributed by atoms with E-state index in [-0.39, 0.29) is 11.9 Å². The van der Waals surface area contributed by atoms with Crippen molar-refractivity contribution in [2.45, 2.75) is 25.9 Å². The Bertz CT molecular complexity index is 881. The fourth-order valence-electron chi connectivity index (χ4n) is 3.14. The number of carbonyl (C=O) groups is 3. The molecule has 1 saturated heterocycles. The van der Waals surface area contributed by atoms with Crippen molar-refractivity contribution in [1.29, 1.82) is 0 Å². The summed E-state index contributed by atoms with van der Waals surface area (Å²) in [5.41, 5.74) is 1.13. The minimum atomic E-state index is -0.984. The van der Waals surface area contributed by atoms with Crippen LogP contribution < -0.4 is 10.6 Å². The summed E-state index contributed by atoms with van der Waals surface area (Å²) in [6, 6.07) is 14.3. The zero-order valence-electron chi connectivity index (χ0n) is 16.6. The molecule has 0 unspecified atom stereocenters. The Labute approximate surface area is 174 Å². The first-order chi connectivity index (χ1) is 14.4. The van der Waals surface area contributed by atoms with Crippen molar-refractivity contribution in [3.63, 3.8) is 0 Å². The highest BCUT2D eigenvalue weighted by Gasteiger charge is 2.30. The van der Waals surface area contributed by atoms with Gasteiger partial charge in [0.2, 0.25) is 0 Å². The van der Waals surface area contributed by atoms with Crippen LogP contribution in [-0.4, -0.2) is 42.0 Å². The van der Waals surface area contributed by atoms with E-state index in [0.717, 1.165) is 0 Å². The SMILES string of the molecule is C[C@H](OC(=O)C1CCN(C(=O)Nc2ccccc2)CC1)C(=O)Nc1ccc(F)cc1. The normalized spacial score (nSPS) is 15.2. The number of nitrogens with zero attached hydrogens (tertiary/aromatic N) is 1. The number of ether oxygens (including phenoxy) is 1. The minimum Gasteiger partial charge on any atom is -0.452 e. The number of carbonyl (C=O) groups excluding carboxylic acids is 3. The fraction of sp³-hybridized carbons (Fsp3) is 0.318. The lowest BCUT2D eigenvalue weighted by molar-refractivity contribution is -0.158. The van der Waals surface area contributed by atoms with Crippen LogP contribution >= 0.6 is 0 Å². The number of amides is 3. The van der Waals surface area contributed by atoms with E-state index in [9.17, 15) is 18.8 Å². The molecule has 7 nitrogen and oxygen atoms in total. The van der Waals surface area contributed by atoms with E-state index >= 15 is 0 Å². The topological polar surface area (TPSA) is 87.7 Å². The first-order valence-electron chi connectivity index (χ1n) is 9.80. The Balaban J connectivity index is 1.43. The predicted octanol–water partition coefficient (Wildman–Crippen LogP) is 3.64. The molecule has 0 spiro atoms. The van der Waals surface area contributed by atoms with Crippen molar-refractivity contribution in [3.8, 4) is 0 Å². The molecular formula is C22H24FN3O4. The number of esters is 1. The number of piperidine rings is 1. The van der Waals surface area contributed by atoms with Crippen LogP contribution in [-0.2, 0) is 14.3 Å². The van der Waals surface area contributed by atoms with Gasteiger partial charge in [0.25, 0.3) is 5.91 Å². The lowest BCUT2D eigenvalue weighted by Gasteiger charge is -2.31. The number of halogens is 1. The van der Waals surface area contributed by atoms with Gasteiger partial charge >= 0.3 is 12.0 Å². The van der Waals surface area contributed by atoms with Gasteiger partial charge in [0.1, 0.15) is 5.82 Å². The molecule has 1 heterocycles. The molecule has 1 aliphatic rings. The molecule has 158 valence electrons. The molecule has 8 heteroatoms. The highest BCUT2D eigenvalue weighted by atomic mass is 19.1. The van der Waals surface area contributed by atoms with Gasteiger partial charge in [-0.25, -0.2) is 9.18 Å². The van der Waals surface area contributed by atoms with E-state index in [1.807, 2.05) is 18.2 Å². The maximum atomic E-state index is 12.9. The number of rotatable bonds is 5. The Hall–Kier alpha value is -3.42. The van der Waals surface area contributed by atoms with Crippen LogP contribution in [0.2, 0.25) is 0 Å². The molecule has 3 amide bonds. The van der Waals surface area contributed by atoms with Gasteiger partial charge in [0.05, 0.1) is 5.92 Å². The zero-order valence-corrected chi connectivity index (χ0v) is 16.6. The summed E-state index contributed by atoms with van der Waals surface area (Å²) in [7, 11) is 0. The van der Waals surface area contributed by atoms with Gasteiger partial charge in [-0.2, -0.15) is 0 Å². The van der Waals surface area contributed by atoms with Gasteiger partial charge in [0.15, 0.2) is 6.10 Å². The lowest BCUT2D eigenvalue weighted by atomic mass is 9.97. The lowest BCUT2D eigenvalue weighted by Crippen LogP contribution is -2.43. The Morgan fingerprint density at radius 2 is 1.57 bits per heavy atom. The number of likely N-dealkylation sites (tertiary alicyclic amines) is 1. The maximum absolute atomic E-state index is 12.9. The van der Waals surface area contributed by atoms with E-state index in [1.54, 1.807) is 17.0 Å². The summed E-state index contributed by atoms with van der Waals surface area (Å²) >= 11 is 0. The summed E-state index contributed by atoms with van der Waals surface area (Å²) in [5.74, 6) is -1.72. The van der Waals surface area contributed by atoms with Crippen LogP contribution in [0.4, 0.5) is 20.6 Å². The summed E-state index contributed by atoms with van der Waals surface area (Å²) in [6.45, 7) is 2.34. The molecule has 0 radical (unpaired) electrons. The van der Waals surface area contributed by atoms with Crippen molar-refractivity contribution in [1.82, 2.24) is 4.90 Å². The van der Waals surface area contributed by atoms with Crippen LogP contribution in [0.1, 0.15) is 19.8 Å². The van der Waals surface area contributed by atoms with Gasteiger partial charge in [-0.3, -0.25) is 9.59 Å². The third-order valence-corrected chi connectivity index (χ3v) is 4.91. The molecule has 2 aromatic rings. The van der Waals surface area contributed by atoms with Gasteiger partial charge in [-0.15, -0.1) is 0 Å². The standard InChI is InChI=1S/C22H24FN3O4/c1-15(20(27)24-19-9-7-17(23)8-10-19)30-21(28)16-11-13-26(14-12-16)22(29)25-18-5-3-2-4-6-18/h2-10,15-16H,11-14H2,1H3,(H,24,27)(H,25,29)/t15-/m0/s1. The van der Waals surface area contributed by atoms with Crippen molar-refractivity contribution >= 4 is 29.3 Å². The summed E-state index contributed by atoms with van der Waals surface area (Å²) in [5, 5.41) is 5.40. The number of anilines is 2. The molecule has 0 aliphatic carbocycles. The fourth-order valence-corrected chi connectivity index (χ4v) is 3.14. The molecule has 0 aromatic heterocycles. The molecule has 3 rings (SSSR count). The molecule has 1 atom stereocenters. The second kappa shape index (κ2) is 9.87. The molecule has 2 N–H and O–H groups in total. The smallest absolute Gasteiger partial charge is 0.321 e.